The van der Waals surface area contributed by atoms with Crippen molar-refractivity contribution in [1.82, 2.24) is 0 Å². The molecule has 25 heavy (non-hydrogen) atoms. The Morgan fingerprint density at radius 1 is 0.680 bits per heavy atom. The Hall–Kier alpha value is -2.52. The first kappa shape index (κ1) is 17.3. The van der Waals surface area contributed by atoms with Gasteiger partial charge in [-0.3, -0.25) is 4.57 Å². The summed E-state index contributed by atoms with van der Waals surface area (Å²) in [4.78, 5) is 0. The molecule has 0 bridgehead atoms. The third-order valence-corrected chi connectivity index (χ3v) is 6.36. The molecule has 0 atom stereocenters. The molecule has 0 aliphatic carbocycles. The summed E-state index contributed by atoms with van der Waals surface area (Å²) >= 11 is 0. The smallest absolute Gasteiger partial charge is 0.329 e. The van der Waals surface area contributed by atoms with Crippen LogP contribution in [0.5, 0.6) is 0 Å². The molecule has 0 fully saturated rings. The van der Waals surface area contributed by atoms with Crippen LogP contribution in [0.1, 0.15) is 5.56 Å². The van der Waals surface area contributed by atoms with Gasteiger partial charge in [0.1, 0.15) is 0 Å². The molecule has 0 amide bonds. The number of hydrogen-bond donors (Lipinski definition) is 1. The Bertz CT molecular complexity index is 835. The molecule has 0 saturated heterocycles. The van der Waals surface area contributed by atoms with Crippen LogP contribution >= 0.6 is 7.29 Å². The first-order valence-electron chi connectivity index (χ1n) is 7.56. The first-order chi connectivity index (χ1) is 11.9. The Balaban J connectivity index is 2.01. The van der Waals surface area contributed by atoms with E-state index in [1.165, 1.54) is 12.1 Å². The van der Waals surface area contributed by atoms with E-state index in [0.29, 0.717) is 16.3 Å². The molecule has 2 nitrogen and oxygen atoms in total. The van der Waals surface area contributed by atoms with Crippen molar-refractivity contribution in [2.45, 2.75) is 6.18 Å². The van der Waals surface area contributed by atoms with Gasteiger partial charge in [-0.1, -0.05) is 36.4 Å². The Labute approximate surface area is 143 Å². The highest BCUT2D eigenvalue weighted by Crippen LogP contribution is 2.43. The quantitative estimate of drug-likeness (QED) is 0.659. The summed E-state index contributed by atoms with van der Waals surface area (Å²) in [7, 11) is -3.23. The predicted molar refractivity (Wildman–Crippen MR) is 94.8 cm³/mol. The highest BCUT2D eigenvalue weighted by Gasteiger charge is 2.31. The molecule has 0 radical (unpaired) electrons. The van der Waals surface area contributed by atoms with Crippen LogP contribution in [0.3, 0.4) is 0 Å². The molecule has 6 heteroatoms. The van der Waals surface area contributed by atoms with Crippen molar-refractivity contribution >= 4 is 23.6 Å². The minimum atomic E-state index is -4.40. The number of hydrogen-bond acceptors (Lipinski definition) is 1. The fraction of sp³-hybridized carbons (Fsp3) is 0.0526. The SMILES string of the molecule is O=P(Nc1ccc(C(F)(F)F)cc1)(c1ccccc1)c1ccccc1. The lowest BCUT2D eigenvalue weighted by atomic mass is 10.2. The van der Waals surface area contributed by atoms with Gasteiger partial charge in [0.15, 0.2) is 0 Å². The minimum Gasteiger partial charge on any atom is -0.329 e. The summed E-state index contributed by atoms with van der Waals surface area (Å²) in [6.07, 6.45) is -4.40. The van der Waals surface area contributed by atoms with Crippen LogP contribution < -0.4 is 15.7 Å². The molecule has 3 aromatic carbocycles. The van der Waals surface area contributed by atoms with Crippen molar-refractivity contribution in [3.63, 3.8) is 0 Å². The topological polar surface area (TPSA) is 29.1 Å². The number of halogens is 3. The summed E-state index contributed by atoms with van der Waals surface area (Å²) < 4.78 is 51.9. The molecular weight excluding hydrogens is 346 g/mol. The number of anilines is 1. The maximum absolute atomic E-state index is 13.7. The number of alkyl halides is 3. The third kappa shape index (κ3) is 3.77. The van der Waals surface area contributed by atoms with E-state index >= 15 is 0 Å². The monoisotopic (exact) mass is 361 g/mol. The van der Waals surface area contributed by atoms with Crippen molar-refractivity contribution in [3.05, 3.63) is 90.5 Å². The maximum Gasteiger partial charge on any atom is 0.416 e. The normalized spacial score (nSPS) is 12.0. The summed E-state index contributed by atoms with van der Waals surface area (Å²) in [6, 6.07) is 22.2. The zero-order chi connectivity index (χ0) is 17.9. The van der Waals surface area contributed by atoms with E-state index in [2.05, 4.69) is 5.09 Å². The highest BCUT2D eigenvalue weighted by atomic mass is 31.2. The molecule has 3 rings (SSSR count). The lowest BCUT2D eigenvalue weighted by Crippen LogP contribution is -2.21. The van der Waals surface area contributed by atoms with Gasteiger partial charge in [-0.2, -0.15) is 13.2 Å². The molecule has 0 aromatic heterocycles. The van der Waals surface area contributed by atoms with Gasteiger partial charge in [0.25, 0.3) is 0 Å². The standard InChI is InChI=1S/C19H15F3NOP/c20-19(21,22)15-11-13-16(14-12-15)23-25(24,17-7-3-1-4-8-17)18-9-5-2-6-10-18/h1-14H,(H,23,24). The second kappa shape index (κ2) is 6.77. The maximum atomic E-state index is 13.7. The molecule has 128 valence electrons. The minimum absolute atomic E-state index is 0.365. The van der Waals surface area contributed by atoms with Gasteiger partial charge in [0, 0.05) is 16.3 Å². The zero-order valence-electron chi connectivity index (χ0n) is 13.1. The number of nitrogens with one attached hydrogen (secondary N) is 1. The Morgan fingerprint density at radius 3 is 1.52 bits per heavy atom. The second-order valence-corrected chi connectivity index (χ2v) is 7.94. The average Bonchev–Trinajstić information content (AvgIpc) is 2.63. The number of rotatable bonds is 4. The van der Waals surface area contributed by atoms with Gasteiger partial charge < -0.3 is 5.09 Å². The molecule has 1 N–H and O–H groups in total. The molecule has 3 aromatic rings. The number of benzene rings is 3. The molecule has 0 aliphatic heterocycles. The molecule has 0 aliphatic rings. The van der Waals surface area contributed by atoms with Crippen molar-refractivity contribution in [3.8, 4) is 0 Å². The second-order valence-electron chi connectivity index (χ2n) is 5.47. The summed E-state index contributed by atoms with van der Waals surface area (Å²) in [5, 5.41) is 4.12. The fourth-order valence-electron chi connectivity index (χ4n) is 2.47. The van der Waals surface area contributed by atoms with E-state index in [1.54, 1.807) is 48.5 Å². The van der Waals surface area contributed by atoms with E-state index in [0.717, 1.165) is 12.1 Å². The van der Waals surface area contributed by atoms with Crippen molar-refractivity contribution in [1.29, 1.82) is 0 Å². The van der Waals surface area contributed by atoms with Gasteiger partial charge in [-0.25, -0.2) is 0 Å². The van der Waals surface area contributed by atoms with Crippen LogP contribution in [0.15, 0.2) is 84.9 Å². The largest absolute Gasteiger partial charge is 0.416 e. The van der Waals surface area contributed by atoms with Gasteiger partial charge in [0.05, 0.1) is 5.56 Å². The van der Waals surface area contributed by atoms with Gasteiger partial charge in [0.2, 0.25) is 7.29 Å². The third-order valence-electron chi connectivity index (χ3n) is 3.74. The first-order valence-corrected chi connectivity index (χ1v) is 9.27. The van der Waals surface area contributed by atoms with Gasteiger partial charge >= 0.3 is 6.18 Å². The average molecular weight is 361 g/mol. The lowest BCUT2D eigenvalue weighted by Gasteiger charge is -2.22. The van der Waals surface area contributed by atoms with Crippen LogP contribution in [0.2, 0.25) is 0 Å². The highest BCUT2D eigenvalue weighted by molar-refractivity contribution is 7.80. The zero-order valence-corrected chi connectivity index (χ0v) is 14.0. The molecule has 0 unspecified atom stereocenters. The molecule has 0 heterocycles. The van der Waals surface area contributed by atoms with Crippen LogP contribution in [0.4, 0.5) is 18.9 Å². The van der Waals surface area contributed by atoms with E-state index < -0.39 is 19.0 Å². The summed E-state index contributed by atoms with van der Waals surface area (Å²) in [6.45, 7) is 0. The van der Waals surface area contributed by atoms with Crippen molar-refractivity contribution < 1.29 is 17.7 Å². The molecule has 0 spiro atoms. The lowest BCUT2D eigenvalue weighted by molar-refractivity contribution is -0.137. The van der Waals surface area contributed by atoms with E-state index in [9.17, 15) is 17.7 Å². The van der Waals surface area contributed by atoms with E-state index in [4.69, 9.17) is 0 Å². The Kier molecular flexibility index (Phi) is 4.69. The predicted octanol–water partition coefficient (Wildman–Crippen LogP) is 5.05. The van der Waals surface area contributed by atoms with Crippen molar-refractivity contribution in [2.24, 2.45) is 0 Å². The van der Waals surface area contributed by atoms with Crippen LogP contribution in [-0.4, -0.2) is 0 Å². The summed E-state index contributed by atoms with van der Waals surface area (Å²) in [5.41, 5.74) is -0.378. The fourth-order valence-corrected chi connectivity index (χ4v) is 4.72. The molecule has 0 saturated carbocycles. The van der Waals surface area contributed by atoms with Crippen LogP contribution in [-0.2, 0) is 10.7 Å². The van der Waals surface area contributed by atoms with Crippen LogP contribution in [0.25, 0.3) is 0 Å². The van der Waals surface area contributed by atoms with Gasteiger partial charge in [-0.15, -0.1) is 0 Å². The van der Waals surface area contributed by atoms with E-state index in [1.807, 2.05) is 12.1 Å². The van der Waals surface area contributed by atoms with Crippen molar-refractivity contribution in [2.75, 3.05) is 5.09 Å². The van der Waals surface area contributed by atoms with Gasteiger partial charge in [-0.05, 0) is 48.5 Å². The Morgan fingerprint density at radius 2 is 1.12 bits per heavy atom. The van der Waals surface area contributed by atoms with Crippen LogP contribution in [0, 0.1) is 0 Å². The van der Waals surface area contributed by atoms with E-state index in [-0.39, 0.29) is 0 Å². The summed E-state index contributed by atoms with van der Waals surface area (Å²) in [5.74, 6) is 0. The molecular formula is C19H15F3NOP.